The summed E-state index contributed by atoms with van der Waals surface area (Å²) in [4.78, 5) is 4.78. The summed E-state index contributed by atoms with van der Waals surface area (Å²) < 4.78 is 0. The minimum Gasteiger partial charge on any atom is -0.313 e. The molecule has 0 saturated carbocycles. The van der Waals surface area contributed by atoms with E-state index in [1.54, 1.807) is 11.7 Å². The molecule has 1 unspecified atom stereocenters. The molecule has 0 aliphatic heterocycles. The van der Waals surface area contributed by atoms with Crippen molar-refractivity contribution in [2.24, 2.45) is 5.73 Å². The van der Waals surface area contributed by atoms with Crippen LogP contribution in [0.3, 0.4) is 0 Å². The Morgan fingerprint density at radius 1 is 1.89 bits per heavy atom. The molecule has 3 heteroatoms. The van der Waals surface area contributed by atoms with E-state index in [0.29, 0.717) is 0 Å². The van der Waals surface area contributed by atoms with Crippen LogP contribution in [0.2, 0.25) is 0 Å². The van der Waals surface area contributed by atoms with E-state index in [9.17, 15) is 0 Å². The van der Waals surface area contributed by atoms with Crippen LogP contribution in [-0.4, -0.2) is 4.98 Å². The second kappa shape index (κ2) is 2.62. The molecular weight excluding hydrogens is 132 g/mol. The van der Waals surface area contributed by atoms with Gasteiger partial charge >= 0.3 is 0 Å². The smallest absolute Gasteiger partial charge is 0.103 e. The topological polar surface area (TPSA) is 38.9 Å². The van der Waals surface area contributed by atoms with E-state index >= 15 is 0 Å². The molecule has 1 atom stereocenters. The molecule has 0 radical (unpaired) electrons. The van der Waals surface area contributed by atoms with Crippen molar-refractivity contribution in [1.29, 1.82) is 0 Å². The first-order chi connectivity index (χ1) is 4.34. The number of terminal acetylenes is 1. The maximum atomic E-state index is 5.47. The molecule has 1 heterocycles. The Bertz CT molecular complexity index is 209. The van der Waals surface area contributed by atoms with Crippen LogP contribution in [-0.2, 0) is 0 Å². The van der Waals surface area contributed by atoms with E-state index in [4.69, 9.17) is 12.2 Å². The van der Waals surface area contributed by atoms with Crippen molar-refractivity contribution in [1.82, 2.24) is 4.98 Å². The Morgan fingerprint density at radius 2 is 2.67 bits per heavy atom. The standard InChI is InChI=1S/C6H6N2S/c1-2-5(7)6-3-8-4-9-6/h1,3-5H,7H2. The quantitative estimate of drug-likeness (QED) is 0.582. The Hall–Kier alpha value is -0.850. The lowest BCUT2D eigenvalue weighted by molar-refractivity contribution is 0.968. The average Bonchev–Trinajstić information content (AvgIpc) is 2.37. The highest BCUT2D eigenvalue weighted by Crippen LogP contribution is 2.12. The zero-order valence-electron chi connectivity index (χ0n) is 4.74. The van der Waals surface area contributed by atoms with E-state index in [2.05, 4.69) is 10.9 Å². The molecule has 0 aromatic carbocycles. The summed E-state index contributed by atoms with van der Waals surface area (Å²) in [6.07, 6.45) is 6.76. The summed E-state index contributed by atoms with van der Waals surface area (Å²) in [7, 11) is 0. The molecule has 0 bridgehead atoms. The summed E-state index contributed by atoms with van der Waals surface area (Å²) in [6.45, 7) is 0. The summed E-state index contributed by atoms with van der Waals surface area (Å²) >= 11 is 1.48. The van der Waals surface area contributed by atoms with Gasteiger partial charge in [0.05, 0.1) is 10.4 Å². The number of rotatable bonds is 1. The van der Waals surface area contributed by atoms with E-state index in [0.717, 1.165) is 4.88 Å². The van der Waals surface area contributed by atoms with Gasteiger partial charge in [-0.05, 0) is 0 Å². The second-order valence-electron chi connectivity index (χ2n) is 1.55. The van der Waals surface area contributed by atoms with E-state index in [-0.39, 0.29) is 6.04 Å². The fourth-order valence-corrected chi connectivity index (χ4v) is 1.04. The fraction of sp³-hybridized carbons (Fsp3) is 0.167. The molecule has 0 aliphatic rings. The van der Waals surface area contributed by atoms with Crippen molar-refractivity contribution in [3.63, 3.8) is 0 Å². The van der Waals surface area contributed by atoms with Crippen molar-refractivity contribution in [2.45, 2.75) is 6.04 Å². The third-order valence-electron chi connectivity index (χ3n) is 0.938. The SMILES string of the molecule is C#CC(N)c1cncs1. The minimum absolute atomic E-state index is 0.280. The van der Waals surface area contributed by atoms with Crippen molar-refractivity contribution in [3.05, 3.63) is 16.6 Å². The maximum Gasteiger partial charge on any atom is 0.103 e. The first kappa shape index (κ1) is 6.27. The first-order valence-corrected chi connectivity index (χ1v) is 3.32. The Labute approximate surface area is 57.7 Å². The average molecular weight is 138 g/mol. The highest BCUT2D eigenvalue weighted by molar-refractivity contribution is 7.09. The molecule has 0 fully saturated rings. The Kier molecular flexibility index (Phi) is 1.83. The summed E-state index contributed by atoms with van der Waals surface area (Å²) in [5, 5.41) is 0. The Balaban J connectivity index is 2.80. The maximum absolute atomic E-state index is 5.47. The highest BCUT2D eigenvalue weighted by Gasteiger charge is 2.00. The zero-order chi connectivity index (χ0) is 6.69. The number of nitrogens with two attached hydrogens (primary N) is 1. The summed E-state index contributed by atoms with van der Waals surface area (Å²) in [5.74, 6) is 2.42. The van der Waals surface area contributed by atoms with Crippen LogP contribution >= 0.6 is 11.3 Å². The monoisotopic (exact) mass is 138 g/mol. The lowest BCUT2D eigenvalue weighted by atomic mass is 10.3. The molecule has 0 aliphatic carbocycles. The van der Waals surface area contributed by atoms with Gasteiger partial charge in [-0.25, -0.2) is 0 Å². The van der Waals surface area contributed by atoms with E-state index in [1.165, 1.54) is 11.3 Å². The second-order valence-corrected chi connectivity index (χ2v) is 2.47. The van der Waals surface area contributed by atoms with Gasteiger partial charge in [0, 0.05) is 6.20 Å². The van der Waals surface area contributed by atoms with Gasteiger partial charge < -0.3 is 5.73 Å². The normalized spacial score (nSPS) is 12.4. The van der Waals surface area contributed by atoms with Crippen LogP contribution in [0, 0.1) is 12.3 Å². The number of nitrogens with zero attached hydrogens (tertiary/aromatic N) is 1. The molecule has 0 amide bonds. The minimum atomic E-state index is -0.280. The van der Waals surface area contributed by atoms with Crippen molar-refractivity contribution >= 4 is 11.3 Å². The predicted molar refractivity (Wildman–Crippen MR) is 37.9 cm³/mol. The van der Waals surface area contributed by atoms with E-state index < -0.39 is 0 Å². The molecule has 9 heavy (non-hydrogen) atoms. The Morgan fingerprint density at radius 3 is 3.11 bits per heavy atom. The molecule has 46 valence electrons. The zero-order valence-corrected chi connectivity index (χ0v) is 5.56. The highest BCUT2D eigenvalue weighted by atomic mass is 32.1. The van der Waals surface area contributed by atoms with Crippen molar-refractivity contribution < 1.29 is 0 Å². The number of aromatic nitrogens is 1. The number of hydrogen-bond acceptors (Lipinski definition) is 3. The third-order valence-corrected chi connectivity index (χ3v) is 1.80. The largest absolute Gasteiger partial charge is 0.313 e. The number of thiazole rings is 1. The van der Waals surface area contributed by atoms with Gasteiger partial charge in [-0.1, -0.05) is 5.92 Å². The summed E-state index contributed by atoms with van der Waals surface area (Å²) in [6, 6.07) is -0.280. The molecule has 0 spiro atoms. The van der Waals surface area contributed by atoms with Gasteiger partial charge in [-0.2, -0.15) is 0 Å². The van der Waals surface area contributed by atoms with E-state index in [1.807, 2.05) is 0 Å². The van der Waals surface area contributed by atoms with Gasteiger partial charge in [-0.3, -0.25) is 4.98 Å². The van der Waals surface area contributed by atoms with Crippen LogP contribution in [0.4, 0.5) is 0 Å². The van der Waals surface area contributed by atoms with Crippen LogP contribution < -0.4 is 5.73 Å². The van der Waals surface area contributed by atoms with Crippen LogP contribution in [0.25, 0.3) is 0 Å². The van der Waals surface area contributed by atoms with Gasteiger partial charge in [0.2, 0.25) is 0 Å². The molecule has 2 N–H and O–H groups in total. The lowest BCUT2D eigenvalue weighted by Crippen LogP contribution is -2.04. The van der Waals surface area contributed by atoms with Gasteiger partial charge in [0.25, 0.3) is 0 Å². The molecule has 0 saturated heterocycles. The molecule has 2 nitrogen and oxygen atoms in total. The lowest BCUT2D eigenvalue weighted by Gasteiger charge is -1.94. The molecular formula is C6H6N2S. The van der Waals surface area contributed by atoms with Gasteiger partial charge in [0.1, 0.15) is 6.04 Å². The third kappa shape index (κ3) is 1.28. The van der Waals surface area contributed by atoms with Crippen molar-refractivity contribution in [2.75, 3.05) is 0 Å². The predicted octanol–water partition coefficient (Wildman–Crippen LogP) is 0.776. The van der Waals surface area contributed by atoms with Crippen molar-refractivity contribution in [3.8, 4) is 12.3 Å². The van der Waals surface area contributed by atoms with Gasteiger partial charge in [0.15, 0.2) is 0 Å². The summed E-state index contributed by atoms with van der Waals surface area (Å²) in [5.41, 5.74) is 7.19. The fourth-order valence-electron chi connectivity index (χ4n) is 0.461. The molecule has 1 rings (SSSR count). The van der Waals surface area contributed by atoms with Crippen LogP contribution in [0.5, 0.6) is 0 Å². The van der Waals surface area contributed by atoms with Crippen LogP contribution in [0.15, 0.2) is 11.7 Å². The molecule has 1 aromatic heterocycles. The van der Waals surface area contributed by atoms with Gasteiger partial charge in [-0.15, -0.1) is 17.8 Å². The van der Waals surface area contributed by atoms with Crippen LogP contribution in [0.1, 0.15) is 10.9 Å². The first-order valence-electron chi connectivity index (χ1n) is 2.44. The molecule has 1 aromatic rings. The number of hydrogen-bond donors (Lipinski definition) is 1.